The number of aromatic nitrogens is 4. The summed E-state index contributed by atoms with van der Waals surface area (Å²) >= 11 is 0. The lowest BCUT2D eigenvalue weighted by molar-refractivity contribution is 0.556. The maximum absolute atomic E-state index is 9.05. The van der Waals surface area contributed by atoms with Gasteiger partial charge in [0.05, 0.1) is 12.1 Å². The van der Waals surface area contributed by atoms with Gasteiger partial charge in [-0.2, -0.15) is 5.26 Å². The van der Waals surface area contributed by atoms with E-state index in [1.54, 1.807) is 24.7 Å². The van der Waals surface area contributed by atoms with Gasteiger partial charge in [-0.25, -0.2) is 4.98 Å². The SMILES string of the molecule is N#Cc1cccnc1N1CCn2cnnc2C1. The zero-order valence-corrected chi connectivity index (χ0v) is 9.11. The molecule has 1 aliphatic rings. The predicted molar refractivity (Wildman–Crippen MR) is 60.0 cm³/mol. The van der Waals surface area contributed by atoms with Gasteiger partial charge in [-0.05, 0) is 12.1 Å². The predicted octanol–water partition coefficient (Wildman–Crippen LogP) is 0.565. The molecular formula is C11H10N6. The van der Waals surface area contributed by atoms with Crippen LogP contribution in [0.3, 0.4) is 0 Å². The number of nitriles is 1. The summed E-state index contributed by atoms with van der Waals surface area (Å²) in [5, 5.41) is 17.0. The average molecular weight is 226 g/mol. The molecule has 0 aromatic carbocycles. The Labute approximate surface area is 98.1 Å². The molecule has 2 aromatic rings. The zero-order chi connectivity index (χ0) is 11.7. The first-order chi connectivity index (χ1) is 8.38. The number of hydrogen-bond donors (Lipinski definition) is 0. The van der Waals surface area contributed by atoms with Gasteiger partial charge in [-0.15, -0.1) is 10.2 Å². The molecule has 3 rings (SSSR count). The van der Waals surface area contributed by atoms with Crippen LogP contribution in [0.25, 0.3) is 0 Å². The molecule has 17 heavy (non-hydrogen) atoms. The van der Waals surface area contributed by atoms with Crippen molar-refractivity contribution in [3.8, 4) is 6.07 Å². The van der Waals surface area contributed by atoms with Crippen LogP contribution in [0.4, 0.5) is 5.82 Å². The van der Waals surface area contributed by atoms with E-state index in [-0.39, 0.29) is 0 Å². The van der Waals surface area contributed by atoms with Gasteiger partial charge in [0.25, 0.3) is 0 Å². The Hall–Kier alpha value is -2.42. The monoisotopic (exact) mass is 226 g/mol. The molecule has 0 saturated carbocycles. The summed E-state index contributed by atoms with van der Waals surface area (Å²) in [6.45, 7) is 2.28. The van der Waals surface area contributed by atoms with E-state index in [0.29, 0.717) is 12.1 Å². The molecule has 2 aromatic heterocycles. The second-order valence-electron chi connectivity index (χ2n) is 3.85. The number of anilines is 1. The molecule has 0 aliphatic carbocycles. The minimum atomic E-state index is 0.598. The normalized spacial score (nSPS) is 14.2. The molecule has 0 bridgehead atoms. The molecule has 84 valence electrons. The Morgan fingerprint density at radius 2 is 2.29 bits per heavy atom. The highest BCUT2D eigenvalue weighted by atomic mass is 15.3. The van der Waals surface area contributed by atoms with Crippen LogP contribution in [0.15, 0.2) is 24.7 Å². The van der Waals surface area contributed by atoms with E-state index < -0.39 is 0 Å². The van der Waals surface area contributed by atoms with Crippen molar-refractivity contribution in [2.75, 3.05) is 11.4 Å². The molecule has 6 heteroatoms. The number of pyridine rings is 1. The molecule has 0 unspecified atom stereocenters. The highest BCUT2D eigenvalue weighted by Gasteiger charge is 2.20. The van der Waals surface area contributed by atoms with E-state index in [1.807, 2.05) is 4.57 Å². The topological polar surface area (TPSA) is 70.6 Å². The van der Waals surface area contributed by atoms with Gasteiger partial charge >= 0.3 is 0 Å². The van der Waals surface area contributed by atoms with Crippen LogP contribution in [-0.2, 0) is 13.1 Å². The molecular weight excluding hydrogens is 216 g/mol. The molecule has 0 fully saturated rings. The molecule has 0 atom stereocenters. The van der Waals surface area contributed by atoms with Crippen molar-refractivity contribution in [1.29, 1.82) is 5.26 Å². The van der Waals surface area contributed by atoms with Gasteiger partial charge in [-0.3, -0.25) is 0 Å². The largest absolute Gasteiger partial charge is 0.346 e. The van der Waals surface area contributed by atoms with Gasteiger partial charge in [0.1, 0.15) is 18.2 Å². The molecule has 0 radical (unpaired) electrons. The van der Waals surface area contributed by atoms with Gasteiger partial charge in [0.2, 0.25) is 0 Å². The van der Waals surface area contributed by atoms with E-state index in [9.17, 15) is 0 Å². The minimum Gasteiger partial charge on any atom is -0.346 e. The Bertz CT molecular complexity index is 582. The maximum Gasteiger partial charge on any atom is 0.152 e. The third-order valence-corrected chi connectivity index (χ3v) is 2.85. The highest BCUT2D eigenvalue weighted by molar-refractivity contribution is 5.53. The van der Waals surface area contributed by atoms with Gasteiger partial charge in [-0.1, -0.05) is 0 Å². The molecule has 0 N–H and O–H groups in total. The van der Waals surface area contributed by atoms with Crippen molar-refractivity contribution >= 4 is 5.82 Å². The third kappa shape index (κ3) is 1.61. The first-order valence-corrected chi connectivity index (χ1v) is 5.35. The van der Waals surface area contributed by atoms with Gasteiger partial charge in [0, 0.05) is 19.3 Å². The van der Waals surface area contributed by atoms with E-state index in [2.05, 4.69) is 26.2 Å². The minimum absolute atomic E-state index is 0.598. The Kier molecular flexibility index (Phi) is 2.22. The first kappa shape index (κ1) is 9.78. The van der Waals surface area contributed by atoms with Crippen molar-refractivity contribution < 1.29 is 0 Å². The third-order valence-electron chi connectivity index (χ3n) is 2.85. The zero-order valence-electron chi connectivity index (χ0n) is 9.11. The highest BCUT2D eigenvalue weighted by Crippen LogP contribution is 2.20. The summed E-state index contributed by atoms with van der Waals surface area (Å²) in [4.78, 5) is 6.33. The standard InChI is InChI=1S/C11H10N6/c12-6-9-2-1-3-13-11(9)16-4-5-17-8-14-15-10(17)7-16/h1-3,8H,4-5,7H2. The average Bonchev–Trinajstić information content (AvgIpc) is 2.85. The summed E-state index contributed by atoms with van der Waals surface area (Å²) in [7, 11) is 0. The van der Waals surface area contributed by atoms with Crippen molar-refractivity contribution in [3.63, 3.8) is 0 Å². The molecule has 0 spiro atoms. The number of fused-ring (bicyclic) bond motifs is 1. The lowest BCUT2D eigenvalue weighted by Gasteiger charge is -2.28. The molecule has 1 aliphatic heterocycles. The van der Waals surface area contributed by atoms with E-state index in [0.717, 1.165) is 24.7 Å². The van der Waals surface area contributed by atoms with Crippen LogP contribution in [0, 0.1) is 11.3 Å². The van der Waals surface area contributed by atoms with Crippen molar-refractivity contribution in [3.05, 3.63) is 36.0 Å². The molecule has 6 nitrogen and oxygen atoms in total. The van der Waals surface area contributed by atoms with Gasteiger partial charge < -0.3 is 9.47 Å². The van der Waals surface area contributed by atoms with Crippen LogP contribution in [0.1, 0.15) is 11.4 Å². The fourth-order valence-corrected chi connectivity index (χ4v) is 1.98. The fourth-order valence-electron chi connectivity index (χ4n) is 1.98. The van der Waals surface area contributed by atoms with Crippen molar-refractivity contribution in [2.24, 2.45) is 0 Å². The number of nitrogens with zero attached hydrogens (tertiary/aromatic N) is 6. The van der Waals surface area contributed by atoms with E-state index in [4.69, 9.17) is 5.26 Å². The molecule has 0 amide bonds. The van der Waals surface area contributed by atoms with Crippen LogP contribution in [-0.4, -0.2) is 26.3 Å². The number of hydrogen-bond acceptors (Lipinski definition) is 5. The van der Waals surface area contributed by atoms with E-state index >= 15 is 0 Å². The Balaban J connectivity index is 1.95. The molecule has 3 heterocycles. The van der Waals surface area contributed by atoms with Crippen molar-refractivity contribution in [1.82, 2.24) is 19.7 Å². The molecule has 0 saturated heterocycles. The second-order valence-corrected chi connectivity index (χ2v) is 3.85. The van der Waals surface area contributed by atoms with Crippen LogP contribution in [0.2, 0.25) is 0 Å². The lowest BCUT2D eigenvalue weighted by Crippen LogP contribution is -2.34. The van der Waals surface area contributed by atoms with E-state index in [1.165, 1.54) is 0 Å². The van der Waals surface area contributed by atoms with Crippen LogP contribution >= 0.6 is 0 Å². The number of rotatable bonds is 1. The summed E-state index contributed by atoms with van der Waals surface area (Å²) in [5.41, 5.74) is 0.598. The first-order valence-electron chi connectivity index (χ1n) is 5.35. The Morgan fingerprint density at radius 3 is 3.18 bits per heavy atom. The quantitative estimate of drug-likeness (QED) is 0.710. The lowest BCUT2D eigenvalue weighted by atomic mass is 10.2. The van der Waals surface area contributed by atoms with Crippen LogP contribution in [0.5, 0.6) is 0 Å². The fraction of sp³-hybridized carbons (Fsp3) is 0.273. The Morgan fingerprint density at radius 1 is 1.35 bits per heavy atom. The summed E-state index contributed by atoms with van der Waals surface area (Å²) in [5.74, 6) is 1.63. The smallest absolute Gasteiger partial charge is 0.152 e. The maximum atomic E-state index is 9.05. The summed E-state index contributed by atoms with van der Waals surface area (Å²) < 4.78 is 2.02. The van der Waals surface area contributed by atoms with Gasteiger partial charge in [0.15, 0.2) is 5.82 Å². The second kappa shape index (κ2) is 3.87. The van der Waals surface area contributed by atoms with Crippen molar-refractivity contribution in [2.45, 2.75) is 13.1 Å². The summed E-state index contributed by atoms with van der Waals surface area (Å²) in [6, 6.07) is 5.72. The van der Waals surface area contributed by atoms with Crippen LogP contribution < -0.4 is 4.90 Å². The summed E-state index contributed by atoms with van der Waals surface area (Å²) in [6.07, 6.45) is 3.44.